The summed E-state index contributed by atoms with van der Waals surface area (Å²) in [5, 5.41) is 15.8. The molecular weight excluding hydrogens is 333 g/mol. The lowest BCUT2D eigenvalue weighted by atomic mass is 10.2. The molecule has 0 saturated carbocycles. The van der Waals surface area contributed by atoms with Crippen molar-refractivity contribution in [2.75, 3.05) is 6.61 Å². The van der Waals surface area contributed by atoms with Crippen LogP contribution in [0, 0.1) is 17.0 Å². The number of H-pyrrole nitrogens is 1. The number of ether oxygens (including phenoxy) is 1. The van der Waals surface area contributed by atoms with E-state index in [1.165, 1.54) is 6.92 Å². The van der Waals surface area contributed by atoms with E-state index in [9.17, 15) is 28.1 Å². The van der Waals surface area contributed by atoms with Gasteiger partial charge in [-0.25, -0.2) is 4.79 Å². The molecule has 11 heteroatoms. The average Bonchev–Trinajstić information content (AvgIpc) is 2.96. The number of alkyl halides is 3. The number of nitrogens with zero attached hydrogens (tertiary/aromatic N) is 3. The highest BCUT2D eigenvalue weighted by molar-refractivity contribution is 5.91. The molecule has 2 heterocycles. The summed E-state index contributed by atoms with van der Waals surface area (Å²) in [5.74, 6) is -0.902. The molecule has 1 N–H and O–H groups in total. The van der Waals surface area contributed by atoms with Crippen LogP contribution in [0.5, 0.6) is 0 Å². The molecule has 0 aliphatic carbocycles. The Hall–Kier alpha value is -2.98. The average molecular weight is 344 g/mol. The van der Waals surface area contributed by atoms with Gasteiger partial charge < -0.3 is 4.74 Å². The molecule has 8 nitrogen and oxygen atoms in total. The van der Waals surface area contributed by atoms with Gasteiger partial charge in [0.05, 0.1) is 29.0 Å². The van der Waals surface area contributed by atoms with Gasteiger partial charge in [0.25, 0.3) is 5.69 Å². The molecule has 0 atom stereocenters. The number of esters is 1. The number of carbonyl (C=O) groups is 1. The Morgan fingerprint density at radius 3 is 2.75 bits per heavy atom. The van der Waals surface area contributed by atoms with E-state index in [-0.39, 0.29) is 35.5 Å². The lowest BCUT2D eigenvalue weighted by molar-refractivity contribution is -0.385. The highest BCUT2D eigenvalue weighted by atomic mass is 19.4. The quantitative estimate of drug-likeness (QED) is 0.507. The van der Waals surface area contributed by atoms with Gasteiger partial charge in [0.1, 0.15) is 11.9 Å². The van der Waals surface area contributed by atoms with Crippen molar-refractivity contribution in [3.05, 3.63) is 51.1 Å². The van der Waals surface area contributed by atoms with E-state index in [1.807, 2.05) is 5.10 Å². The van der Waals surface area contributed by atoms with Crippen LogP contribution in [0.1, 0.15) is 27.3 Å². The molecule has 2 aromatic heterocycles. The van der Waals surface area contributed by atoms with Crippen molar-refractivity contribution in [1.29, 1.82) is 0 Å². The highest BCUT2D eigenvalue weighted by Gasteiger charge is 2.35. The number of carbonyl (C=O) groups excluding carboxylic acids is 1. The van der Waals surface area contributed by atoms with Crippen molar-refractivity contribution < 1.29 is 27.6 Å². The zero-order chi connectivity index (χ0) is 17.9. The van der Waals surface area contributed by atoms with E-state index in [2.05, 4.69) is 10.1 Å². The summed E-state index contributed by atoms with van der Waals surface area (Å²) in [6, 6.07) is 1.00. The first-order chi connectivity index (χ1) is 11.2. The third kappa shape index (κ3) is 3.86. The largest absolute Gasteiger partial charge is 0.462 e. The minimum absolute atomic E-state index is 0.118. The first-order valence-corrected chi connectivity index (χ1v) is 6.57. The number of nitrogens with one attached hydrogen (secondary N) is 1. The minimum Gasteiger partial charge on any atom is -0.462 e. The van der Waals surface area contributed by atoms with Gasteiger partial charge in [-0.05, 0) is 6.92 Å². The Balaban J connectivity index is 2.03. The lowest BCUT2D eigenvalue weighted by Crippen LogP contribution is -2.13. The summed E-state index contributed by atoms with van der Waals surface area (Å²) in [6.07, 6.45) is -2.81. The molecule has 0 fully saturated rings. The van der Waals surface area contributed by atoms with Gasteiger partial charge in [-0.2, -0.15) is 18.3 Å². The summed E-state index contributed by atoms with van der Waals surface area (Å²) in [4.78, 5) is 25.6. The number of aromatic amines is 1. The summed E-state index contributed by atoms with van der Waals surface area (Å²) in [6.45, 7) is 1.11. The molecule has 0 aromatic carbocycles. The van der Waals surface area contributed by atoms with Crippen LogP contribution in [0.15, 0.2) is 18.5 Å². The molecule has 2 rings (SSSR count). The van der Waals surface area contributed by atoms with E-state index < -0.39 is 22.8 Å². The molecule has 24 heavy (non-hydrogen) atoms. The predicted molar refractivity (Wildman–Crippen MR) is 73.2 cm³/mol. The zero-order valence-corrected chi connectivity index (χ0v) is 12.3. The van der Waals surface area contributed by atoms with Gasteiger partial charge in [-0.1, -0.05) is 0 Å². The SMILES string of the molecule is Cc1ncc([N+](=O)[O-])cc1C(=O)OCCc1cn[nH]c1C(F)(F)F. The number of aryl methyl sites for hydroxylation is 1. The molecule has 0 amide bonds. The molecule has 0 spiro atoms. The number of nitro groups is 1. The van der Waals surface area contributed by atoms with E-state index in [4.69, 9.17) is 4.74 Å². The lowest BCUT2D eigenvalue weighted by Gasteiger charge is -2.08. The van der Waals surface area contributed by atoms with Gasteiger partial charge in [0.2, 0.25) is 0 Å². The normalized spacial score (nSPS) is 11.3. The van der Waals surface area contributed by atoms with Crippen molar-refractivity contribution in [2.24, 2.45) is 0 Å². The molecule has 0 saturated heterocycles. The summed E-state index contributed by atoms with van der Waals surface area (Å²) in [5.41, 5.74) is -1.45. The first kappa shape index (κ1) is 17.4. The smallest absolute Gasteiger partial charge is 0.433 e. The first-order valence-electron chi connectivity index (χ1n) is 6.57. The third-order valence-electron chi connectivity index (χ3n) is 3.11. The predicted octanol–water partition coefficient (Wildman–Crippen LogP) is 2.44. The molecule has 2 aromatic rings. The number of pyridine rings is 1. The van der Waals surface area contributed by atoms with Crippen LogP contribution < -0.4 is 0 Å². The zero-order valence-electron chi connectivity index (χ0n) is 12.3. The molecule has 0 radical (unpaired) electrons. The standard InChI is InChI=1S/C13H11F3N4O4/c1-7-10(4-9(6-17-7)20(22)23)12(21)24-3-2-8-5-18-19-11(8)13(14,15)16/h4-6H,2-3H2,1H3,(H,18,19). The number of hydrogen-bond donors (Lipinski definition) is 1. The van der Waals surface area contributed by atoms with Crippen LogP contribution in [0.4, 0.5) is 18.9 Å². The van der Waals surface area contributed by atoms with Crippen LogP contribution in [0.3, 0.4) is 0 Å². The number of aromatic nitrogens is 3. The van der Waals surface area contributed by atoms with Gasteiger partial charge in [-0.15, -0.1) is 0 Å². The molecule has 0 unspecified atom stereocenters. The van der Waals surface area contributed by atoms with E-state index in [0.29, 0.717) is 0 Å². The van der Waals surface area contributed by atoms with Crippen molar-refractivity contribution in [1.82, 2.24) is 15.2 Å². The Kier molecular flexibility index (Phi) is 4.81. The monoisotopic (exact) mass is 344 g/mol. The minimum atomic E-state index is -4.59. The molecule has 0 aliphatic rings. The fourth-order valence-electron chi connectivity index (χ4n) is 1.91. The Bertz CT molecular complexity index is 773. The van der Waals surface area contributed by atoms with Crippen molar-refractivity contribution >= 4 is 11.7 Å². The second-order valence-corrected chi connectivity index (χ2v) is 4.74. The summed E-state index contributed by atoms with van der Waals surface area (Å²) < 4.78 is 42.8. The number of halogens is 3. The fraction of sp³-hybridized carbons (Fsp3) is 0.308. The Labute approximate surface area is 132 Å². The van der Waals surface area contributed by atoms with Gasteiger partial charge in [0, 0.05) is 18.1 Å². The highest BCUT2D eigenvalue weighted by Crippen LogP contribution is 2.30. The molecule has 128 valence electrons. The van der Waals surface area contributed by atoms with Gasteiger partial charge >= 0.3 is 12.1 Å². The van der Waals surface area contributed by atoms with Crippen LogP contribution in [0.25, 0.3) is 0 Å². The number of rotatable bonds is 5. The van der Waals surface area contributed by atoms with Gasteiger partial charge in [-0.3, -0.25) is 20.2 Å². The van der Waals surface area contributed by atoms with Gasteiger partial charge in [0.15, 0.2) is 0 Å². The van der Waals surface area contributed by atoms with Crippen molar-refractivity contribution in [2.45, 2.75) is 19.5 Å². The van der Waals surface area contributed by atoms with Crippen molar-refractivity contribution in [3.63, 3.8) is 0 Å². The van der Waals surface area contributed by atoms with E-state index >= 15 is 0 Å². The summed E-state index contributed by atoms with van der Waals surface area (Å²) in [7, 11) is 0. The fourth-order valence-corrected chi connectivity index (χ4v) is 1.91. The third-order valence-corrected chi connectivity index (χ3v) is 3.11. The van der Waals surface area contributed by atoms with Crippen LogP contribution in [-0.4, -0.2) is 32.7 Å². The topological polar surface area (TPSA) is 111 Å². The van der Waals surface area contributed by atoms with E-state index in [1.54, 1.807) is 0 Å². The van der Waals surface area contributed by atoms with Crippen molar-refractivity contribution in [3.8, 4) is 0 Å². The van der Waals surface area contributed by atoms with Crippen LogP contribution in [0.2, 0.25) is 0 Å². The number of hydrogen-bond acceptors (Lipinski definition) is 6. The Morgan fingerprint density at radius 2 is 2.12 bits per heavy atom. The maximum absolute atomic E-state index is 12.7. The molecule has 0 bridgehead atoms. The second kappa shape index (κ2) is 6.64. The van der Waals surface area contributed by atoms with E-state index in [0.717, 1.165) is 18.5 Å². The maximum atomic E-state index is 12.7. The second-order valence-electron chi connectivity index (χ2n) is 4.74. The Morgan fingerprint density at radius 1 is 1.42 bits per heavy atom. The molecule has 0 aliphatic heterocycles. The van der Waals surface area contributed by atoms with Crippen LogP contribution in [-0.2, 0) is 17.3 Å². The van der Waals surface area contributed by atoms with Crippen LogP contribution >= 0.6 is 0 Å². The molecular formula is C13H11F3N4O4. The maximum Gasteiger partial charge on any atom is 0.433 e. The summed E-state index contributed by atoms with van der Waals surface area (Å²) >= 11 is 0.